The van der Waals surface area contributed by atoms with Gasteiger partial charge in [0.05, 0.1) is 0 Å². The van der Waals surface area contributed by atoms with Crippen LogP contribution in [0.3, 0.4) is 0 Å². The van der Waals surface area contributed by atoms with Crippen molar-refractivity contribution in [1.29, 1.82) is 0 Å². The molecule has 0 bridgehead atoms. The van der Waals surface area contributed by atoms with E-state index in [4.69, 9.17) is 8.85 Å². The zero-order chi connectivity index (χ0) is 6.10. The van der Waals surface area contributed by atoms with Gasteiger partial charge in [0.2, 0.25) is 0 Å². The van der Waals surface area contributed by atoms with Crippen molar-refractivity contribution in [3.63, 3.8) is 0 Å². The van der Waals surface area contributed by atoms with Crippen LogP contribution in [0.15, 0.2) is 0 Å². The van der Waals surface area contributed by atoms with Crippen LogP contribution in [0.4, 0.5) is 0 Å². The Hall–Kier alpha value is 0.137. The van der Waals surface area contributed by atoms with E-state index in [0.29, 0.717) is 0 Å². The second kappa shape index (κ2) is 2.40. The predicted octanol–water partition coefficient (Wildman–Crippen LogP) is 1.08. The molecule has 1 unspecified atom stereocenters. The van der Waals surface area contributed by atoms with Crippen molar-refractivity contribution in [3.8, 4) is 0 Å². The third kappa shape index (κ3) is 1.04. The van der Waals surface area contributed by atoms with Gasteiger partial charge < -0.3 is 8.85 Å². The summed E-state index contributed by atoms with van der Waals surface area (Å²) in [5.74, 6) is 0. The number of fused-ring (bicyclic) bond motifs is 1. The van der Waals surface area contributed by atoms with Gasteiger partial charge in [0.1, 0.15) is 0 Å². The minimum Gasteiger partial charge on any atom is -0.393 e. The van der Waals surface area contributed by atoms with Crippen molar-refractivity contribution < 1.29 is 8.85 Å². The molecule has 0 N–H and O–H groups in total. The van der Waals surface area contributed by atoms with Crippen LogP contribution in [-0.2, 0) is 8.85 Å². The van der Waals surface area contributed by atoms with Crippen molar-refractivity contribution in [2.24, 2.45) is 0 Å². The molecule has 1 atom stereocenters. The number of hydrogen-bond acceptors (Lipinski definition) is 2. The van der Waals surface area contributed by atoms with Crippen LogP contribution >= 0.6 is 0 Å². The zero-order valence-electron chi connectivity index (χ0n) is 5.43. The van der Waals surface area contributed by atoms with Crippen molar-refractivity contribution >= 4 is 9.28 Å². The molecule has 2 aliphatic heterocycles. The first-order valence-electron chi connectivity index (χ1n) is 3.59. The van der Waals surface area contributed by atoms with Gasteiger partial charge >= 0.3 is 9.28 Å². The van der Waals surface area contributed by atoms with Crippen LogP contribution in [0, 0.1) is 0 Å². The molecule has 0 aromatic rings. The van der Waals surface area contributed by atoms with Crippen molar-refractivity contribution in [3.05, 3.63) is 0 Å². The van der Waals surface area contributed by atoms with E-state index >= 15 is 0 Å². The second-order valence-electron chi connectivity index (χ2n) is 2.64. The standard InChI is InChI=1S/C6H11O2Si/c1-2-6-3-5-8-9(6)7-4-1/h6H,1-5H2. The van der Waals surface area contributed by atoms with E-state index in [1.165, 1.54) is 19.3 Å². The molecular weight excluding hydrogens is 132 g/mol. The highest BCUT2D eigenvalue weighted by Gasteiger charge is 2.35. The Morgan fingerprint density at radius 3 is 2.89 bits per heavy atom. The maximum atomic E-state index is 5.48. The Morgan fingerprint density at radius 1 is 1.11 bits per heavy atom. The summed E-state index contributed by atoms with van der Waals surface area (Å²) in [7, 11) is -0.754. The van der Waals surface area contributed by atoms with Crippen LogP contribution < -0.4 is 0 Å². The minimum atomic E-state index is -0.754. The SMILES string of the molecule is C1CO[Si]2OCCC2C1. The summed E-state index contributed by atoms with van der Waals surface area (Å²) >= 11 is 0. The lowest BCUT2D eigenvalue weighted by Gasteiger charge is -2.20. The number of rotatable bonds is 0. The topological polar surface area (TPSA) is 18.5 Å². The first-order valence-corrected chi connectivity index (χ1v) is 4.98. The molecule has 2 aliphatic rings. The predicted molar refractivity (Wildman–Crippen MR) is 35.3 cm³/mol. The lowest BCUT2D eigenvalue weighted by atomic mass is 10.2. The summed E-state index contributed by atoms with van der Waals surface area (Å²) in [6.07, 6.45) is 3.87. The molecule has 9 heavy (non-hydrogen) atoms. The first kappa shape index (κ1) is 5.89. The fraction of sp³-hybridized carbons (Fsp3) is 1.00. The molecular formula is C6H11O2Si. The summed E-state index contributed by atoms with van der Waals surface area (Å²) in [6.45, 7) is 1.91. The van der Waals surface area contributed by atoms with Gasteiger partial charge in [-0.3, -0.25) is 0 Å². The van der Waals surface area contributed by atoms with Gasteiger partial charge in [0.15, 0.2) is 0 Å². The summed E-state index contributed by atoms with van der Waals surface area (Å²) in [4.78, 5) is 0. The highest BCUT2D eigenvalue weighted by molar-refractivity contribution is 6.47. The highest BCUT2D eigenvalue weighted by Crippen LogP contribution is 2.32. The van der Waals surface area contributed by atoms with Gasteiger partial charge in [0.25, 0.3) is 0 Å². The van der Waals surface area contributed by atoms with E-state index in [1.54, 1.807) is 0 Å². The molecule has 51 valence electrons. The first-order chi connectivity index (χ1) is 4.47. The molecule has 1 radical (unpaired) electrons. The molecule has 2 heterocycles. The molecule has 0 aliphatic carbocycles. The van der Waals surface area contributed by atoms with Crippen molar-refractivity contribution in [2.45, 2.75) is 24.8 Å². The molecule has 2 saturated heterocycles. The van der Waals surface area contributed by atoms with E-state index in [-0.39, 0.29) is 0 Å². The maximum absolute atomic E-state index is 5.48. The average Bonchev–Trinajstić information content (AvgIpc) is 2.33. The highest BCUT2D eigenvalue weighted by atomic mass is 28.3. The molecule has 2 fully saturated rings. The Labute approximate surface area is 57.0 Å². The monoisotopic (exact) mass is 143 g/mol. The quantitative estimate of drug-likeness (QED) is 0.472. The molecule has 0 saturated carbocycles. The Kier molecular flexibility index (Phi) is 1.57. The zero-order valence-corrected chi connectivity index (χ0v) is 6.43. The third-order valence-electron chi connectivity index (χ3n) is 1.99. The fourth-order valence-corrected chi connectivity index (χ4v) is 3.47. The van der Waals surface area contributed by atoms with Gasteiger partial charge in [0, 0.05) is 18.8 Å². The molecule has 0 aromatic carbocycles. The van der Waals surface area contributed by atoms with E-state index in [9.17, 15) is 0 Å². The fourth-order valence-electron chi connectivity index (χ4n) is 1.46. The van der Waals surface area contributed by atoms with Crippen LogP contribution in [0.2, 0.25) is 5.54 Å². The minimum absolute atomic E-state index is 0.754. The summed E-state index contributed by atoms with van der Waals surface area (Å²) in [5, 5.41) is 0. The molecule has 3 heteroatoms. The van der Waals surface area contributed by atoms with E-state index < -0.39 is 9.28 Å². The van der Waals surface area contributed by atoms with Crippen LogP contribution in [0.25, 0.3) is 0 Å². The second-order valence-corrected chi connectivity index (χ2v) is 4.68. The van der Waals surface area contributed by atoms with E-state index in [2.05, 4.69) is 0 Å². The Bertz CT molecular complexity index is 95.2. The van der Waals surface area contributed by atoms with Gasteiger partial charge in [-0.25, -0.2) is 0 Å². The largest absolute Gasteiger partial charge is 0.393 e. The van der Waals surface area contributed by atoms with Gasteiger partial charge in [-0.2, -0.15) is 0 Å². The van der Waals surface area contributed by atoms with Crippen LogP contribution in [0.1, 0.15) is 19.3 Å². The summed E-state index contributed by atoms with van der Waals surface area (Å²) in [6, 6.07) is 0. The van der Waals surface area contributed by atoms with Crippen LogP contribution in [-0.4, -0.2) is 22.5 Å². The molecule has 0 spiro atoms. The van der Waals surface area contributed by atoms with Crippen molar-refractivity contribution in [2.75, 3.05) is 13.2 Å². The van der Waals surface area contributed by atoms with Crippen molar-refractivity contribution in [1.82, 2.24) is 0 Å². The smallest absolute Gasteiger partial charge is 0.388 e. The summed E-state index contributed by atoms with van der Waals surface area (Å²) in [5.41, 5.74) is 0.823. The third-order valence-corrected chi connectivity index (χ3v) is 4.21. The lowest BCUT2D eigenvalue weighted by molar-refractivity contribution is 0.204. The lowest BCUT2D eigenvalue weighted by Crippen LogP contribution is -2.27. The molecule has 2 nitrogen and oxygen atoms in total. The maximum Gasteiger partial charge on any atom is 0.388 e. The van der Waals surface area contributed by atoms with Gasteiger partial charge in [-0.15, -0.1) is 0 Å². The van der Waals surface area contributed by atoms with Gasteiger partial charge in [-0.05, 0) is 19.3 Å². The molecule has 0 aromatic heterocycles. The van der Waals surface area contributed by atoms with Gasteiger partial charge in [-0.1, -0.05) is 0 Å². The number of hydrogen-bond donors (Lipinski definition) is 0. The van der Waals surface area contributed by atoms with E-state index in [0.717, 1.165) is 18.8 Å². The molecule has 0 amide bonds. The molecule has 2 rings (SSSR count). The normalized spacial score (nSPS) is 36.7. The summed E-state index contributed by atoms with van der Waals surface area (Å²) < 4.78 is 10.9. The van der Waals surface area contributed by atoms with E-state index in [1.807, 2.05) is 0 Å². The van der Waals surface area contributed by atoms with Crippen LogP contribution in [0.5, 0.6) is 0 Å². The Morgan fingerprint density at radius 2 is 2.00 bits per heavy atom. The Balaban J connectivity index is 1.97. The average molecular weight is 143 g/mol.